The van der Waals surface area contributed by atoms with Gasteiger partial charge < -0.3 is 15.8 Å². The molecule has 0 aromatic heterocycles. The molecule has 24 heavy (non-hydrogen) atoms. The molecule has 1 aliphatic heterocycles. The van der Waals surface area contributed by atoms with Gasteiger partial charge in [-0.15, -0.1) is 12.4 Å². The molecule has 1 saturated heterocycles. The third-order valence-electron chi connectivity index (χ3n) is 5.28. The van der Waals surface area contributed by atoms with Crippen LogP contribution < -0.4 is 11.1 Å². The van der Waals surface area contributed by atoms with E-state index in [-0.39, 0.29) is 36.2 Å². The quantitative estimate of drug-likeness (QED) is 0.875. The molecule has 2 fully saturated rings. The van der Waals surface area contributed by atoms with Gasteiger partial charge in [0.05, 0.1) is 5.41 Å². The van der Waals surface area contributed by atoms with Gasteiger partial charge in [-0.05, 0) is 56.2 Å². The fraction of sp³-hybridized carbons (Fsp3) is 0.611. The second-order valence-electron chi connectivity index (χ2n) is 6.79. The summed E-state index contributed by atoms with van der Waals surface area (Å²) in [4.78, 5) is 13.1. The maximum atomic E-state index is 13.3. The lowest BCUT2D eigenvalue weighted by Gasteiger charge is -2.38. The van der Waals surface area contributed by atoms with E-state index in [1.54, 1.807) is 12.1 Å². The van der Waals surface area contributed by atoms with E-state index in [2.05, 4.69) is 5.32 Å². The zero-order chi connectivity index (χ0) is 16.3. The average Bonchev–Trinajstić information content (AvgIpc) is 2.58. The Morgan fingerprint density at radius 3 is 2.29 bits per heavy atom. The Balaban J connectivity index is 0.00000208. The Kier molecular flexibility index (Phi) is 6.61. The third kappa shape index (κ3) is 4.08. The molecule has 134 valence electrons. The molecule has 0 unspecified atom stereocenters. The molecule has 0 spiro atoms. The minimum absolute atomic E-state index is 0. The molecule has 1 aliphatic carbocycles. The molecular weight excluding hydrogens is 331 g/mol. The highest BCUT2D eigenvalue weighted by molar-refractivity contribution is 5.88. The number of benzene rings is 1. The van der Waals surface area contributed by atoms with Gasteiger partial charge in [-0.2, -0.15) is 0 Å². The first-order chi connectivity index (χ1) is 11.1. The summed E-state index contributed by atoms with van der Waals surface area (Å²) in [5.41, 5.74) is 6.21. The van der Waals surface area contributed by atoms with E-state index in [0.717, 1.165) is 31.2 Å². The van der Waals surface area contributed by atoms with Crippen LogP contribution in [0.2, 0.25) is 0 Å². The second-order valence-corrected chi connectivity index (χ2v) is 6.79. The highest BCUT2D eigenvalue weighted by Crippen LogP contribution is 2.36. The monoisotopic (exact) mass is 356 g/mol. The van der Waals surface area contributed by atoms with Gasteiger partial charge >= 0.3 is 0 Å². The van der Waals surface area contributed by atoms with Gasteiger partial charge in [0.1, 0.15) is 5.82 Å². The van der Waals surface area contributed by atoms with Crippen molar-refractivity contribution < 1.29 is 13.9 Å². The predicted molar refractivity (Wildman–Crippen MR) is 93.8 cm³/mol. The number of hydrogen-bond acceptors (Lipinski definition) is 3. The number of halogens is 2. The number of carbonyl (C=O) groups is 1. The molecular formula is C18H26ClFN2O2. The molecule has 2 aliphatic rings. The van der Waals surface area contributed by atoms with Crippen LogP contribution in [0.5, 0.6) is 0 Å². The number of carbonyl (C=O) groups excluding carboxylic acids is 1. The number of nitrogens with one attached hydrogen (secondary N) is 1. The molecule has 1 saturated carbocycles. The van der Waals surface area contributed by atoms with Crippen molar-refractivity contribution in [3.63, 3.8) is 0 Å². The Bertz CT molecular complexity index is 538. The first kappa shape index (κ1) is 19.2. The van der Waals surface area contributed by atoms with Gasteiger partial charge in [0.2, 0.25) is 5.91 Å². The fourth-order valence-electron chi connectivity index (χ4n) is 3.72. The van der Waals surface area contributed by atoms with Gasteiger partial charge in [0.25, 0.3) is 0 Å². The summed E-state index contributed by atoms with van der Waals surface area (Å²) in [6.07, 6.45) is 5.05. The smallest absolute Gasteiger partial charge is 0.231 e. The standard InChI is InChI=1S/C18H25FN2O2.ClH/c19-14-3-1-13(2-4-14)18(9-11-23-12-10-18)17(22)21-16-7-5-15(20)6-8-16;/h1-4,15-16H,5-12,20H2,(H,21,22);1H. The molecule has 3 N–H and O–H groups in total. The molecule has 0 bridgehead atoms. The van der Waals surface area contributed by atoms with E-state index >= 15 is 0 Å². The SMILES string of the molecule is Cl.NC1CCC(NC(=O)C2(c3ccc(F)cc3)CCOCC2)CC1. The van der Waals surface area contributed by atoms with Crippen molar-refractivity contribution in [1.29, 1.82) is 0 Å². The first-order valence-corrected chi connectivity index (χ1v) is 8.50. The van der Waals surface area contributed by atoms with Gasteiger partial charge in [-0.3, -0.25) is 4.79 Å². The second kappa shape index (κ2) is 8.28. The number of rotatable bonds is 3. The Morgan fingerprint density at radius 1 is 1.12 bits per heavy atom. The molecule has 1 amide bonds. The van der Waals surface area contributed by atoms with E-state index in [4.69, 9.17) is 10.5 Å². The highest BCUT2D eigenvalue weighted by atomic mass is 35.5. The van der Waals surface area contributed by atoms with Gasteiger partial charge in [-0.25, -0.2) is 4.39 Å². The molecule has 0 atom stereocenters. The van der Waals surface area contributed by atoms with Crippen molar-refractivity contribution in [3.8, 4) is 0 Å². The van der Waals surface area contributed by atoms with Crippen LogP contribution in [0, 0.1) is 5.82 Å². The van der Waals surface area contributed by atoms with Crippen LogP contribution in [-0.2, 0) is 14.9 Å². The fourth-order valence-corrected chi connectivity index (χ4v) is 3.72. The molecule has 0 radical (unpaired) electrons. The Labute approximate surface area is 148 Å². The Morgan fingerprint density at radius 2 is 1.71 bits per heavy atom. The molecule has 1 heterocycles. The normalized spacial score (nSPS) is 26.2. The summed E-state index contributed by atoms with van der Waals surface area (Å²) in [6, 6.07) is 6.78. The summed E-state index contributed by atoms with van der Waals surface area (Å²) >= 11 is 0. The number of amides is 1. The molecule has 4 nitrogen and oxygen atoms in total. The van der Waals surface area contributed by atoms with Crippen LogP contribution in [0.1, 0.15) is 44.1 Å². The third-order valence-corrected chi connectivity index (χ3v) is 5.28. The van der Waals surface area contributed by atoms with Gasteiger partial charge in [0, 0.05) is 25.3 Å². The molecule has 3 rings (SSSR count). The van der Waals surface area contributed by atoms with Crippen LogP contribution in [0.25, 0.3) is 0 Å². The lowest BCUT2D eigenvalue weighted by molar-refractivity contribution is -0.131. The van der Waals surface area contributed by atoms with Crippen LogP contribution in [0.15, 0.2) is 24.3 Å². The lowest BCUT2D eigenvalue weighted by atomic mass is 9.73. The summed E-state index contributed by atoms with van der Waals surface area (Å²) in [5, 5.41) is 3.22. The van der Waals surface area contributed by atoms with E-state index in [9.17, 15) is 9.18 Å². The highest BCUT2D eigenvalue weighted by Gasteiger charge is 2.42. The van der Waals surface area contributed by atoms with Crippen molar-refractivity contribution in [2.45, 2.75) is 56.0 Å². The van der Waals surface area contributed by atoms with E-state index in [1.807, 2.05) is 0 Å². The molecule has 1 aromatic carbocycles. The Hall–Kier alpha value is -1.17. The zero-order valence-electron chi connectivity index (χ0n) is 13.8. The number of ether oxygens (including phenoxy) is 1. The average molecular weight is 357 g/mol. The number of hydrogen-bond donors (Lipinski definition) is 2. The summed E-state index contributed by atoms with van der Waals surface area (Å²) in [5.74, 6) is -0.231. The minimum atomic E-state index is -0.606. The maximum absolute atomic E-state index is 13.3. The lowest BCUT2D eigenvalue weighted by Crippen LogP contribution is -2.52. The summed E-state index contributed by atoms with van der Waals surface area (Å²) in [7, 11) is 0. The maximum Gasteiger partial charge on any atom is 0.231 e. The number of nitrogens with two attached hydrogens (primary N) is 1. The zero-order valence-corrected chi connectivity index (χ0v) is 14.6. The van der Waals surface area contributed by atoms with E-state index < -0.39 is 5.41 Å². The van der Waals surface area contributed by atoms with Crippen molar-refractivity contribution in [1.82, 2.24) is 5.32 Å². The van der Waals surface area contributed by atoms with Crippen LogP contribution >= 0.6 is 12.4 Å². The van der Waals surface area contributed by atoms with E-state index in [1.165, 1.54) is 12.1 Å². The van der Waals surface area contributed by atoms with E-state index in [0.29, 0.717) is 26.1 Å². The molecule has 1 aromatic rings. The topological polar surface area (TPSA) is 64.3 Å². The summed E-state index contributed by atoms with van der Waals surface area (Å²) < 4.78 is 18.7. The van der Waals surface area contributed by atoms with Crippen LogP contribution in [-0.4, -0.2) is 31.2 Å². The van der Waals surface area contributed by atoms with Crippen LogP contribution in [0.4, 0.5) is 4.39 Å². The first-order valence-electron chi connectivity index (χ1n) is 8.50. The van der Waals surface area contributed by atoms with Gasteiger partial charge in [0.15, 0.2) is 0 Å². The van der Waals surface area contributed by atoms with Gasteiger partial charge in [-0.1, -0.05) is 12.1 Å². The minimum Gasteiger partial charge on any atom is -0.381 e. The van der Waals surface area contributed by atoms with Crippen LogP contribution in [0.3, 0.4) is 0 Å². The molecule has 6 heteroatoms. The summed E-state index contributed by atoms with van der Waals surface area (Å²) in [6.45, 7) is 1.11. The predicted octanol–water partition coefficient (Wildman–Crippen LogP) is 2.68. The van der Waals surface area contributed by atoms with Crippen molar-refractivity contribution in [3.05, 3.63) is 35.6 Å². The van der Waals surface area contributed by atoms with Crippen molar-refractivity contribution in [2.75, 3.05) is 13.2 Å². The van der Waals surface area contributed by atoms with Crippen molar-refractivity contribution >= 4 is 18.3 Å². The van der Waals surface area contributed by atoms with Crippen molar-refractivity contribution in [2.24, 2.45) is 5.73 Å². The largest absolute Gasteiger partial charge is 0.381 e.